The van der Waals surface area contributed by atoms with Crippen molar-refractivity contribution in [2.45, 2.75) is 31.4 Å². The molecule has 0 spiro atoms. The van der Waals surface area contributed by atoms with E-state index in [1.807, 2.05) is 6.92 Å². The molecule has 0 bridgehead atoms. The first-order valence-corrected chi connectivity index (χ1v) is 2.58. The van der Waals surface area contributed by atoms with Gasteiger partial charge in [-0.3, -0.25) is 0 Å². The fraction of sp³-hybridized carbons (Fsp3) is 1.00. The lowest BCUT2D eigenvalue weighted by atomic mass is 9.78. The van der Waals surface area contributed by atoms with E-state index < -0.39 is 5.60 Å². The molecule has 0 atom stereocenters. The van der Waals surface area contributed by atoms with Gasteiger partial charge in [0.05, 0.1) is 5.60 Å². The summed E-state index contributed by atoms with van der Waals surface area (Å²) in [5.74, 6) is 0. The topological polar surface area (TPSA) is 46.2 Å². The Bertz CT molecular complexity index is 76.5. The van der Waals surface area contributed by atoms with Gasteiger partial charge in [0.25, 0.3) is 0 Å². The van der Waals surface area contributed by atoms with E-state index in [1.165, 1.54) is 0 Å². The highest BCUT2D eigenvalue weighted by molar-refractivity contribution is 5.85. The molecule has 0 aliphatic heterocycles. The molecular formula is C5H12ClNO. The fourth-order valence-corrected chi connectivity index (χ4v) is 1.07. The maximum Gasteiger partial charge on any atom is 0.0649 e. The third-order valence-electron chi connectivity index (χ3n) is 1.40. The lowest BCUT2D eigenvalue weighted by Gasteiger charge is -2.38. The first-order valence-electron chi connectivity index (χ1n) is 2.58. The van der Waals surface area contributed by atoms with Crippen molar-refractivity contribution in [3.63, 3.8) is 0 Å². The molecule has 1 rings (SSSR count). The van der Waals surface area contributed by atoms with Crippen LogP contribution in [0, 0.1) is 0 Å². The van der Waals surface area contributed by atoms with E-state index in [0.29, 0.717) is 0 Å². The van der Waals surface area contributed by atoms with Crippen LogP contribution in [0.15, 0.2) is 0 Å². The SMILES string of the molecule is C[C@]1(O)C[C@H](N)C1.Cl. The van der Waals surface area contributed by atoms with Gasteiger partial charge in [-0.15, -0.1) is 12.4 Å². The van der Waals surface area contributed by atoms with Crippen LogP contribution in [0.4, 0.5) is 0 Å². The Balaban J connectivity index is 0.000000490. The zero-order valence-electron chi connectivity index (χ0n) is 4.92. The largest absolute Gasteiger partial charge is 0.390 e. The van der Waals surface area contributed by atoms with Crippen LogP contribution < -0.4 is 5.73 Å². The Morgan fingerprint density at radius 2 is 2.00 bits per heavy atom. The van der Waals surface area contributed by atoms with Crippen molar-refractivity contribution in [1.29, 1.82) is 0 Å². The summed E-state index contributed by atoms with van der Waals surface area (Å²) < 4.78 is 0. The van der Waals surface area contributed by atoms with E-state index in [4.69, 9.17) is 10.8 Å². The van der Waals surface area contributed by atoms with Gasteiger partial charge in [-0.2, -0.15) is 0 Å². The van der Waals surface area contributed by atoms with Gasteiger partial charge in [-0.25, -0.2) is 0 Å². The lowest BCUT2D eigenvalue weighted by molar-refractivity contribution is -0.0286. The molecule has 0 aromatic rings. The Hall–Kier alpha value is 0.210. The smallest absolute Gasteiger partial charge is 0.0649 e. The van der Waals surface area contributed by atoms with Crippen molar-refractivity contribution >= 4 is 12.4 Å². The van der Waals surface area contributed by atoms with E-state index in [1.54, 1.807) is 0 Å². The molecule has 0 aromatic heterocycles. The highest BCUT2D eigenvalue weighted by Gasteiger charge is 2.35. The summed E-state index contributed by atoms with van der Waals surface area (Å²) in [6.07, 6.45) is 1.54. The molecule has 1 fully saturated rings. The molecule has 8 heavy (non-hydrogen) atoms. The van der Waals surface area contributed by atoms with Crippen LogP contribution in [0.1, 0.15) is 19.8 Å². The fourth-order valence-electron chi connectivity index (χ4n) is 1.07. The summed E-state index contributed by atoms with van der Waals surface area (Å²) in [6, 6.07) is 0.259. The molecule has 0 amide bonds. The molecule has 0 radical (unpaired) electrons. The molecule has 1 aliphatic rings. The maximum absolute atomic E-state index is 9.00. The zero-order chi connectivity index (χ0) is 5.49. The first-order chi connectivity index (χ1) is 3.10. The van der Waals surface area contributed by atoms with Crippen LogP contribution in [0.3, 0.4) is 0 Å². The standard InChI is InChI=1S/C5H11NO.ClH/c1-5(7)2-4(6)3-5;/h4,7H,2-3,6H2,1H3;1H/t4-,5-;. The highest BCUT2D eigenvalue weighted by Crippen LogP contribution is 2.29. The average Bonchev–Trinajstić information content (AvgIpc) is 1.27. The van der Waals surface area contributed by atoms with E-state index >= 15 is 0 Å². The third kappa shape index (κ3) is 1.62. The van der Waals surface area contributed by atoms with Crippen molar-refractivity contribution in [2.24, 2.45) is 5.73 Å². The molecule has 0 aromatic carbocycles. The van der Waals surface area contributed by atoms with Gasteiger partial charge in [0.1, 0.15) is 0 Å². The summed E-state index contributed by atoms with van der Waals surface area (Å²) in [4.78, 5) is 0. The molecule has 3 N–H and O–H groups in total. The van der Waals surface area contributed by atoms with Crippen molar-refractivity contribution in [1.82, 2.24) is 0 Å². The molecular weight excluding hydrogens is 126 g/mol. The minimum Gasteiger partial charge on any atom is -0.390 e. The molecule has 0 unspecified atom stereocenters. The molecule has 50 valence electrons. The summed E-state index contributed by atoms with van der Waals surface area (Å²) in [5.41, 5.74) is 4.96. The number of rotatable bonds is 0. The number of halogens is 1. The normalized spacial score (nSPS) is 44.6. The maximum atomic E-state index is 9.00. The van der Waals surface area contributed by atoms with Crippen molar-refractivity contribution < 1.29 is 5.11 Å². The Morgan fingerprint density at radius 1 is 1.62 bits per heavy atom. The van der Waals surface area contributed by atoms with E-state index in [9.17, 15) is 0 Å². The van der Waals surface area contributed by atoms with Crippen LogP contribution in [0.5, 0.6) is 0 Å². The van der Waals surface area contributed by atoms with Gasteiger partial charge < -0.3 is 10.8 Å². The Morgan fingerprint density at radius 3 is 2.00 bits per heavy atom. The first kappa shape index (κ1) is 8.21. The predicted octanol–water partition coefficient (Wildman–Crippen LogP) is 0.280. The van der Waals surface area contributed by atoms with Gasteiger partial charge in [-0.05, 0) is 19.8 Å². The molecule has 3 heteroatoms. The number of aliphatic hydroxyl groups is 1. The van der Waals surface area contributed by atoms with Gasteiger partial charge in [-0.1, -0.05) is 0 Å². The second-order valence-corrected chi connectivity index (χ2v) is 2.67. The van der Waals surface area contributed by atoms with Gasteiger partial charge in [0, 0.05) is 6.04 Å². The lowest BCUT2D eigenvalue weighted by Crippen LogP contribution is -2.49. The van der Waals surface area contributed by atoms with Gasteiger partial charge in [0.15, 0.2) is 0 Å². The van der Waals surface area contributed by atoms with Gasteiger partial charge >= 0.3 is 0 Å². The predicted molar refractivity (Wildman–Crippen MR) is 35.1 cm³/mol. The van der Waals surface area contributed by atoms with Crippen LogP contribution in [-0.2, 0) is 0 Å². The molecule has 0 saturated heterocycles. The second kappa shape index (κ2) is 2.21. The Labute approximate surface area is 55.5 Å². The van der Waals surface area contributed by atoms with Crippen LogP contribution in [0.25, 0.3) is 0 Å². The quantitative estimate of drug-likeness (QED) is 0.504. The molecule has 1 saturated carbocycles. The summed E-state index contributed by atoms with van der Waals surface area (Å²) in [6.45, 7) is 1.82. The summed E-state index contributed by atoms with van der Waals surface area (Å²) >= 11 is 0. The van der Waals surface area contributed by atoms with E-state index in [2.05, 4.69) is 0 Å². The number of hydrogen-bond donors (Lipinski definition) is 2. The van der Waals surface area contributed by atoms with Crippen molar-refractivity contribution in [2.75, 3.05) is 0 Å². The summed E-state index contributed by atoms with van der Waals surface area (Å²) in [5, 5.41) is 9.00. The zero-order valence-corrected chi connectivity index (χ0v) is 5.74. The highest BCUT2D eigenvalue weighted by atomic mass is 35.5. The van der Waals surface area contributed by atoms with E-state index in [0.717, 1.165) is 12.8 Å². The van der Waals surface area contributed by atoms with Crippen LogP contribution >= 0.6 is 12.4 Å². The summed E-state index contributed by atoms with van der Waals surface area (Å²) in [7, 11) is 0. The molecule has 0 heterocycles. The molecule has 1 aliphatic carbocycles. The third-order valence-corrected chi connectivity index (χ3v) is 1.40. The van der Waals surface area contributed by atoms with Crippen LogP contribution in [0.2, 0.25) is 0 Å². The van der Waals surface area contributed by atoms with Crippen LogP contribution in [-0.4, -0.2) is 16.7 Å². The van der Waals surface area contributed by atoms with Crippen molar-refractivity contribution in [3.8, 4) is 0 Å². The second-order valence-electron chi connectivity index (χ2n) is 2.67. The van der Waals surface area contributed by atoms with Gasteiger partial charge in [0.2, 0.25) is 0 Å². The minimum atomic E-state index is -0.431. The van der Waals surface area contributed by atoms with Crippen molar-refractivity contribution in [3.05, 3.63) is 0 Å². The Kier molecular flexibility index (Phi) is 2.27. The van der Waals surface area contributed by atoms with E-state index in [-0.39, 0.29) is 18.4 Å². The average molecular weight is 138 g/mol. The number of hydrogen-bond acceptors (Lipinski definition) is 2. The minimum absolute atomic E-state index is 0. The monoisotopic (exact) mass is 137 g/mol. The molecule has 2 nitrogen and oxygen atoms in total. The number of nitrogens with two attached hydrogens (primary N) is 1.